The molecule has 23 heavy (non-hydrogen) atoms. The molecule has 2 atom stereocenters. The summed E-state index contributed by atoms with van der Waals surface area (Å²) < 4.78 is 28.9. The van der Waals surface area contributed by atoms with Gasteiger partial charge < -0.3 is 10.2 Å². The fraction of sp³-hybridized carbons (Fsp3) is 0.562. The predicted molar refractivity (Wildman–Crippen MR) is 88.3 cm³/mol. The monoisotopic (exact) mass is 364 g/mol. The first-order valence-electron chi connectivity index (χ1n) is 7.62. The molecule has 2 fully saturated rings. The van der Waals surface area contributed by atoms with E-state index in [0.29, 0.717) is 24.9 Å². The van der Waals surface area contributed by atoms with Crippen LogP contribution in [0.3, 0.4) is 0 Å². The molecule has 3 nitrogen and oxygen atoms in total. The van der Waals surface area contributed by atoms with Gasteiger partial charge in [0.15, 0.2) is 0 Å². The molecule has 128 valence electrons. The number of fused-ring (bicyclic) bond motifs is 1. The number of rotatable bonds is 2. The molecule has 0 aliphatic carbocycles. The van der Waals surface area contributed by atoms with Crippen molar-refractivity contribution in [3.05, 3.63) is 34.9 Å². The molecular weight excluding hydrogens is 345 g/mol. The Hall–Kier alpha value is -0.910. The van der Waals surface area contributed by atoms with E-state index in [0.717, 1.165) is 32.0 Å². The number of alkyl halides is 2. The Balaban J connectivity index is 0.00000192. The summed E-state index contributed by atoms with van der Waals surface area (Å²) in [6, 6.07) is 5.37. The standard InChI is InChI=1S/C16H19ClF2N2O.ClH/c17-14-3-1-2-13(8-14)16(18,19)15(22)21-6-4-11-9-20-10-12(11)5-7-21;/h1-3,8,11-12,20H,4-7,9-10H2;1H/t11-,12+;. The number of amides is 1. The molecule has 0 unspecified atom stereocenters. The second kappa shape index (κ2) is 7.32. The number of nitrogens with zero attached hydrogens (tertiary/aromatic N) is 1. The minimum absolute atomic E-state index is 0. The molecule has 1 N–H and O–H groups in total. The second-order valence-corrected chi connectivity index (χ2v) is 6.57. The Labute approximate surface area is 145 Å². The lowest BCUT2D eigenvalue weighted by molar-refractivity contribution is -0.159. The lowest BCUT2D eigenvalue weighted by Crippen LogP contribution is -2.42. The Kier molecular flexibility index (Phi) is 5.87. The van der Waals surface area contributed by atoms with Crippen molar-refractivity contribution >= 4 is 29.9 Å². The van der Waals surface area contributed by atoms with E-state index < -0.39 is 11.8 Å². The number of benzene rings is 1. The minimum Gasteiger partial charge on any atom is -0.337 e. The molecule has 0 bridgehead atoms. The number of halogens is 4. The van der Waals surface area contributed by atoms with Gasteiger partial charge in [-0.25, -0.2) is 0 Å². The van der Waals surface area contributed by atoms with Gasteiger partial charge in [-0.1, -0.05) is 23.7 Å². The van der Waals surface area contributed by atoms with E-state index in [1.807, 2.05) is 0 Å². The summed E-state index contributed by atoms with van der Waals surface area (Å²) in [5.74, 6) is -3.64. The summed E-state index contributed by atoms with van der Waals surface area (Å²) in [6.45, 7) is 2.66. The quantitative estimate of drug-likeness (QED) is 0.872. The molecule has 1 aromatic rings. The van der Waals surface area contributed by atoms with Gasteiger partial charge >= 0.3 is 5.92 Å². The first-order chi connectivity index (χ1) is 10.5. The van der Waals surface area contributed by atoms with Crippen LogP contribution < -0.4 is 5.32 Å². The number of carbonyl (C=O) groups excluding carboxylic acids is 1. The summed E-state index contributed by atoms with van der Waals surface area (Å²) in [4.78, 5) is 13.6. The molecule has 1 aromatic carbocycles. The van der Waals surface area contributed by atoms with E-state index in [4.69, 9.17) is 11.6 Å². The van der Waals surface area contributed by atoms with Gasteiger partial charge in [0.05, 0.1) is 0 Å². The van der Waals surface area contributed by atoms with Crippen LogP contribution in [0.15, 0.2) is 24.3 Å². The Morgan fingerprint density at radius 2 is 1.83 bits per heavy atom. The summed E-state index contributed by atoms with van der Waals surface area (Å²) in [5.41, 5.74) is -0.337. The van der Waals surface area contributed by atoms with Gasteiger partial charge in [0.1, 0.15) is 0 Å². The third kappa shape index (κ3) is 3.78. The summed E-state index contributed by atoms with van der Waals surface area (Å²) >= 11 is 5.77. The van der Waals surface area contributed by atoms with Crippen LogP contribution in [0.25, 0.3) is 0 Å². The van der Waals surface area contributed by atoms with E-state index in [1.165, 1.54) is 23.1 Å². The van der Waals surface area contributed by atoms with E-state index in [-0.39, 0.29) is 23.0 Å². The van der Waals surface area contributed by atoms with Crippen LogP contribution in [-0.2, 0) is 10.7 Å². The zero-order valence-corrected chi connectivity index (χ0v) is 14.2. The van der Waals surface area contributed by atoms with Gasteiger partial charge in [-0.3, -0.25) is 4.79 Å². The maximum atomic E-state index is 14.5. The van der Waals surface area contributed by atoms with E-state index in [2.05, 4.69) is 5.32 Å². The Morgan fingerprint density at radius 3 is 2.39 bits per heavy atom. The molecule has 0 aromatic heterocycles. The molecular formula is C16H20Cl2F2N2O. The maximum absolute atomic E-state index is 14.5. The van der Waals surface area contributed by atoms with Crippen LogP contribution in [0, 0.1) is 11.8 Å². The van der Waals surface area contributed by atoms with Gasteiger partial charge in [0.2, 0.25) is 0 Å². The Morgan fingerprint density at radius 1 is 1.22 bits per heavy atom. The first-order valence-corrected chi connectivity index (χ1v) is 8.00. The first kappa shape index (κ1) is 18.4. The smallest absolute Gasteiger partial charge is 0.337 e. The fourth-order valence-electron chi connectivity index (χ4n) is 3.43. The van der Waals surface area contributed by atoms with Crippen molar-refractivity contribution in [3.8, 4) is 0 Å². The van der Waals surface area contributed by atoms with Crippen molar-refractivity contribution in [3.63, 3.8) is 0 Å². The Bertz CT molecular complexity index is 557. The van der Waals surface area contributed by atoms with Crippen LogP contribution in [0.5, 0.6) is 0 Å². The van der Waals surface area contributed by atoms with Crippen molar-refractivity contribution in [2.24, 2.45) is 11.8 Å². The van der Waals surface area contributed by atoms with Crippen molar-refractivity contribution in [1.82, 2.24) is 10.2 Å². The molecule has 7 heteroatoms. The molecule has 2 heterocycles. The molecule has 1 amide bonds. The number of nitrogens with one attached hydrogen (secondary N) is 1. The van der Waals surface area contributed by atoms with E-state index in [9.17, 15) is 13.6 Å². The summed E-state index contributed by atoms with van der Waals surface area (Å²) in [7, 11) is 0. The summed E-state index contributed by atoms with van der Waals surface area (Å²) in [5, 5.41) is 3.54. The lowest BCUT2D eigenvalue weighted by atomic mass is 9.92. The normalized spacial score (nSPS) is 24.6. The molecule has 3 rings (SSSR count). The van der Waals surface area contributed by atoms with Crippen LogP contribution in [-0.4, -0.2) is 37.0 Å². The topological polar surface area (TPSA) is 32.3 Å². The zero-order chi connectivity index (χ0) is 15.7. The van der Waals surface area contributed by atoms with Crippen molar-refractivity contribution in [1.29, 1.82) is 0 Å². The van der Waals surface area contributed by atoms with Gasteiger partial charge in [-0.05, 0) is 49.9 Å². The maximum Gasteiger partial charge on any atom is 0.350 e. The highest BCUT2D eigenvalue weighted by Gasteiger charge is 2.45. The third-order valence-corrected chi connectivity index (χ3v) is 5.00. The van der Waals surface area contributed by atoms with Crippen molar-refractivity contribution in [2.75, 3.05) is 26.2 Å². The molecule has 2 saturated heterocycles. The number of hydrogen-bond donors (Lipinski definition) is 1. The van der Waals surface area contributed by atoms with Gasteiger partial charge in [-0.2, -0.15) is 8.78 Å². The number of hydrogen-bond acceptors (Lipinski definition) is 2. The van der Waals surface area contributed by atoms with E-state index >= 15 is 0 Å². The number of likely N-dealkylation sites (tertiary alicyclic amines) is 1. The zero-order valence-electron chi connectivity index (χ0n) is 12.6. The molecule has 2 aliphatic heterocycles. The van der Waals surface area contributed by atoms with E-state index in [1.54, 1.807) is 0 Å². The molecule has 0 saturated carbocycles. The number of carbonyl (C=O) groups is 1. The molecule has 2 aliphatic rings. The van der Waals surface area contributed by atoms with Crippen LogP contribution in [0.4, 0.5) is 8.78 Å². The molecule has 0 spiro atoms. The van der Waals surface area contributed by atoms with Crippen molar-refractivity contribution < 1.29 is 13.6 Å². The second-order valence-electron chi connectivity index (χ2n) is 6.13. The lowest BCUT2D eigenvalue weighted by Gasteiger charge is -2.26. The highest BCUT2D eigenvalue weighted by Crippen LogP contribution is 2.34. The largest absolute Gasteiger partial charge is 0.350 e. The van der Waals surface area contributed by atoms with Crippen molar-refractivity contribution in [2.45, 2.75) is 18.8 Å². The average molecular weight is 365 g/mol. The minimum atomic E-state index is -3.53. The summed E-state index contributed by atoms with van der Waals surface area (Å²) in [6.07, 6.45) is 1.57. The van der Waals surface area contributed by atoms with Gasteiger partial charge in [0.25, 0.3) is 5.91 Å². The van der Waals surface area contributed by atoms with Crippen LogP contribution in [0.1, 0.15) is 18.4 Å². The van der Waals surface area contributed by atoms with Gasteiger partial charge in [0, 0.05) is 23.7 Å². The van der Waals surface area contributed by atoms with Crippen LogP contribution in [0.2, 0.25) is 5.02 Å². The highest BCUT2D eigenvalue weighted by molar-refractivity contribution is 6.30. The third-order valence-electron chi connectivity index (χ3n) is 4.76. The molecule has 0 radical (unpaired) electrons. The predicted octanol–water partition coefficient (Wildman–Crippen LogP) is 3.31. The van der Waals surface area contributed by atoms with Gasteiger partial charge in [-0.15, -0.1) is 12.4 Å². The highest BCUT2D eigenvalue weighted by atomic mass is 35.5. The van der Waals surface area contributed by atoms with Crippen LogP contribution >= 0.6 is 24.0 Å². The average Bonchev–Trinajstić information content (AvgIpc) is 2.85. The fourth-order valence-corrected chi connectivity index (χ4v) is 3.62. The SMILES string of the molecule is Cl.O=C(N1CC[C@@H]2CNC[C@@H]2CC1)C(F)(F)c1cccc(Cl)c1.